The van der Waals surface area contributed by atoms with Crippen LogP contribution in [0.15, 0.2) is 28.3 Å². The third-order valence-electron chi connectivity index (χ3n) is 6.58. The van der Waals surface area contributed by atoms with E-state index in [9.17, 15) is 18.0 Å². The summed E-state index contributed by atoms with van der Waals surface area (Å²) in [6, 6.07) is -0.270. The number of nitrogens with one attached hydrogen (secondary N) is 1. The van der Waals surface area contributed by atoms with E-state index in [0.29, 0.717) is 50.7 Å². The Hall–Kier alpha value is -3.29. The van der Waals surface area contributed by atoms with Gasteiger partial charge in [0.05, 0.1) is 23.7 Å². The smallest absolute Gasteiger partial charge is 0.374 e. The minimum Gasteiger partial charge on any atom is -0.374 e. The van der Waals surface area contributed by atoms with E-state index in [-0.39, 0.29) is 35.8 Å². The summed E-state index contributed by atoms with van der Waals surface area (Å²) < 4.78 is 51.3. The number of aromatic nitrogens is 6. The molecule has 5 rings (SSSR count). The van der Waals surface area contributed by atoms with Gasteiger partial charge >= 0.3 is 12.2 Å². The normalized spacial score (nSPS) is 24.5. The van der Waals surface area contributed by atoms with Gasteiger partial charge in [0.1, 0.15) is 0 Å². The minimum absolute atomic E-state index is 0.0727. The number of allylic oxidation sites excluding steroid dienone is 4. The number of urea groups is 1. The highest BCUT2D eigenvalue weighted by molar-refractivity contribution is 5.87. The van der Waals surface area contributed by atoms with Gasteiger partial charge in [-0.3, -0.25) is 5.32 Å². The zero-order valence-corrected chi connectivity index (χ0v) is 18.3. The zero-order chi connectivity index (χ0) is 23.9. The molecule has 1 N–H and O–H groups in total. The summed E-state index contributed by atoms with van der Waals surface area (Å²) in [7, 11) is 1.64. The van der Waals surface area contributed by atoms with Crippen molar-refractivity contribution in [3.05, 3.63) is 35.5 Å². The van der Waals surface area contributed by atoms with Gasteiger partial charge in [0, 0.05) is 26.1 Å². The number of nitrogens with zero attached hydrogens (tertiary/aromatic N) is 7. The lowest BCUT2D eigenvalue weighted by Crippen LogP contribution is -2.48. The zero-order valence-electron chi connectivity index (χ0n) is 18.3. The van der Waals surface area contributed by atoms with Crippen molar-refractivity contribution in [2.24, 2.45) is 7.05 Å². The first-order valence-corrected chi connectivity index (χ1v) is 10.9. The van der Waals surface area contributed by atoms with Crippen LogP contribution in [0.25, 0.3) is 0 Å². The van der Waals surface area contributed by atoms with E-state index in [4.69, 9.17) is 9.26 Å². The Bertz CT molecular complexity index is 1120. The fourth-order valence-corrected chi connectivity index (χ4v) is 4.56. The number of piperidine rings is 1. The van der Waals surface area contributed by atoms with Crippen LogP contribution in [0.4, 0.5) is 23.9 Å². The molecule has 11 nitrogen and oxygen atoms in total. The summed E-state index contributed by atoms with van der Waals surface area (Å²) in [6.45, 7) is 1.46. The topological polar surface area (TPSA) is 124 Å². The third-order valence-corrected chi connectivity index (χ3v) is 6.58. The molecule has 14 heteroatoms. The van der Waals surface area contributed by atoms with Crippen molar-refractivity contribution in [2.75, 3.05) is 25.0 Å². The molecule has 182 valence electrons. The molecular weight excluding hydrogens is 457 g/mol. The van der Waals surface area contributed by atoms with Crippen molar-refractivity contribution in [1.82, 2.24) is 35.2 Å². The van der Waals surface area contributed by atoms with Crippen molar-refractivity contribution in [1.29, 1.82) is 0 Å². The average Bonchev–Trinajstić information content (AvgIpc) is 3.55. The van der Waals surface area contributed by atoms with E-state index >= 15 is 0 Å². The Morgan fingerprint density at radius 3 is 2.74 bits per heavy atom. The second-order valence-corrected chi connectivity index (χ2v) is 8.79. The average molecular weight is 480 g/mol. The SMILES string of the molecule is Cn1nnnc1NC(=O)N1CCC2(CC1)CC(c1noc(C3C=CC(C(F)(F)F)=CC3)n1)CO2. The molecule has 0 saturated carbocycles. The molecule has 2 saturated heterocycles. The maximum Gasteiger partial charge on any atom is 0.416 e. The van der Waals surface area contributed by atoms with Crippen LogP contribution < -0.4 is 5.32 Å². The lowest BCUT2D eigenvalue weighted by molar-refractivity contribution is -0.0886. The summed E-state index contributed by atoms with van der Waals surface area (Å²) >= 11 is 0. The number of carbonyl (C=O) groups excluding carboxylic acids is 1. The monoisotopic (exact) mass is 480 g/mol. The molecule has 2 fully saturated rings. The van der Waals surface area contributed by atoms with Crippen molar-refractivity contribution in [3.63, 3.8) is 0 Å². The first-order chi connectivity index (χ1) is 16.2. The van der Waals surface area contributed by atoms with E-state index in [1.807, 2.05) is 0 Å². The highest BCUT2D eigenvalue weighted by Crippen LogP contribution is 2.42. The van der Waals surface area contributed by atoms with Crippen molar-refractivity contribution in [2.45, 2.75) is 49.3 Å². The molecular formula is C20H23F3N8O3. The van der Waals surface area contributed by atoms with Gasteiger partial charge < -0.3 is 14.2 Å². The van der Waals surface area contributed by atoms with Crippen LogP contribution in [0.2, 0.25) is 0 Å². The number of likely N-dealkylation sites (tertiary alicyclic amines) is 1. The molecule has 2 aliphatic heterocycles. The first kappa shape index (κ1) is 22.5. The molecule has 4 heterocycles. The molecule has 34 heavy (non-hydrogen) atoms. The van der Waals surface area contributed by atoms with Crippen LogP contribution in [-0.2, 0) is 11.8 Å². The summed E-state index contributed by atoms with van der Waals surface area (Å²) in [4.78, 5) is 18.7. The summed E-state index contributed by atoms with van der Waals surface area (Å²) in [5.41, 5.74) is -1.04. The van der Waals surface area contributed by atoms with Crippen LogP contribution in [0, 0.1) is 0 Å². The maximum absolute atomic E-state index is 12.8. The van der Waals surface area contributed by atoms with Gasteiger partial charge in [-0.2, -0.15) is 18.2 Å². The number of anilines is 1. The fourth-order valence-electron chi connectivity index (χ4n) is 4.56. The summed E-state index contributed by atoms with van der Waals surface area (Å²) in [5, 5.41) is 17.7. The van der Waals surface area contributed by atoms with Gasteiger partial charge in [-0.25, -0.2) is 9.48 Å². The molecule has 2 amide bonds. The molecule has 2 aromatic rings. The standard InChI is InChI=1S/C20H23F3N8O3/c1-30-17(26-28-29-30)25-18(32)31-8-6-19(7-9-31)10-13(11-33-19)15-24-16(34-27-15)12-2-4-14(5-3-12)20(21,22)23/h2,4-5,12-13H,3,6-11H2,1H3,(H,25,26,29,32). The number of carbonyl (C=O) groups is 1. The van der Waals surface area contributed by atoms with Crippen LogP contribution in [-0.4, -0.2) is 72.8 Å². The Kier molecular flexibility index (Phi) is 5.62. The van der Waals surface area contributed by atoms with E-state index in [2.05, 4.69) is 31.0 Å². The van der Waals surface area contributed by atoms with Gasteiger partial charge in [0.15, 0.2) is 5.82 Å². The Balaban J connectivity index is 1.15. The Labute approximate surface area is 192 Å². The number of hydrogen-bond acceptors (Lipinski definition) is 8. The number of tetrazole rings is 1. The predicted molar refractivity (Wildman–Crippen MR) is 110 cm³/mol. The van der Waals surface area contributed by atoms with Crippen molar-refractivity contribution >= 4 is 12.0 Å². The number of halogens is 3. The number of alkyl halides is 3. The maximum atomic E-state index is 12.8. The number of ether oxygens (including phenoxy) is 1. The number of amides is 2. The second-order valence-electron chi connectivity index (χ2n) is 8.79. The van der Waals surface area contributed by atoms with E-state index in [1.165, 1.54) is 10.8 Å². The largest absolute Gasteiger partial charge is 0.416 e. The molecule has 3 aliphatic rings. The highest BCUT2D eigenvalue weighted by atomic mass is 19.4. The van der Waals surface area contributed by atoms with Gasteiger partial charge in [-0.05, 0) is 36.1 Å². The van der Waals surface area contributed by atoms with Crippen molar-refractivity contribution < 1.29 is 27.2 Å². The molecule has 0 bridgehead atoms. The first-order valence-electron chi connectivity index (χ1n) is 10.9. The van der Waals surface area contributed by atoms with Crippen molar-refractivity contribution in [3.8, 4) is 0 Å². The number of hydrogen-bond donors (Lipinski definition) is 1. The summed E-state index contributed by atoms with van der Waals surface area (Å²) in [6.07, 6.45) is 1.45. The molecule has 2 aromatic heterocycles. The quantitative estimate of drug-likeness (QED) is 0.711. The molecule has 2 unspecified atom stereocenters. The molecule has 0 aromatic carbocycles. The van der Waals surface area contributed by atoms with E-state index in [0.717, 1.165) is 12.2 Å². The van der Waals surface area contributed by atoms with E-state index < -0.39 is 11.7 Å². The third kappa shape index (κ3) is 4.41. The lowest BCUT2D eigenvalue weighted by Gasteiger charge is -2.38. The fraction of sp³-hybridized carbons (Fsp3) is 0.600. The van der Waals surface area contributed by atoms with Crippen LogP contribution in [0.1, 0.15) is 49.2 Å². The Morgan fingerprint density at radius 2 is 2.09 bits per heavy atom. The van der Waals surface area contributed by atoms with Gasteiger partial charge in [-0.15, -0.1) is 0 Å². The van der Waals surface area contributed by atoms with Gasteiger partial charge in [0.2, 0.25) is 5.89 Å². The van der Waals surface area contributed by atoms with Crippen LogP contribution in [0.5, 0.6) is 0 Å². The number of aryl methyl sites for hydroxylation is 1. The summed E-state index contributed by atoms with van der Waals surface area (Å²) in [5.74, 6) is 0.620. The molecule has 1 spiro atoms. The van der Waals surface area contributed by atoms with Crippen LogP contribution in [0.3, 0.4) is 0 Å². The highest BCUT2D eigenvalue weighted by Gasteiger charge is 2.45. The molecule has 0 radical (unpaired) electrons. The van der Waals surface area contributed by atoms with Crippen LogP contribution >= 0.6 is 0 Å². The lowest BCUT2D eigenvalue weighted by atomic mass is 9.85. The van der Waals surface area contributed by atoms with Gasteiger partial charge in [0.25, 0.3) is 5.95 Å². The van der Waals surface area contributed by atoms with Gasteiger partial charge in [-0.1, -0.05) is 28.5 Å². The minimum atomic E-state index is -4.36. The molecule has 2 atom stereocenters. The predicted octanol–water partition coefficient (Wildman–Crippen LogP) is 2.70. The second kappa shape index (κ2) is 8.49. The molecule has 1 aliphatic carbocycles. The Morgan fingerprint density at radius 1 is 1.29 bits per heavy atom. The van der Waals surface area contributed by atoms with E-state index in [1.54, 1.807) is 11.9 Å². The number of rotatable bonds is 3.